The fraction of sp³-hybridized carbons (Fsp3) is 0.113. The molecule has 502 valence electrons. The summed E-state index contributed by atoms with van der Waals surface area (Å²) in [7, 11) is 0. The van der Waals surface area contributed by atoms with Gasteiger partial charge < -0.3 is 51.6 Å². The number of aromatic nitrogens is 12. The van der Waals surface area contributed by atoms with E-state index in [0.717, 1.165) is 98.4 Å². The molecule has 9 aromatic heterocycles. The number of benzene rings is 6. The molecule has 0 saturated carbocycles. The van der Waals surface area contributed by atoms with Gasteiger partial charge in [0.15, 0.2) is 0 Å². The van der Waals surface area contributed by atoms with Gasteiger partial charge in [-0.2, -0.15) is 0 Å². The van der Waals surface area contributed by atoms with Gasteiger partial charge >= 0.3 is 35.5 Å². The van der Waals surface area contributed by atoms with E-state index < -0.39 is 17.8 Å². The monoisotopic (exact) mass is 1410 g/mol. The summed E-state index contributed by atoms with van der Waals surface area (Å²) in [5.74, 6) is 0.761. The third kappa shape index (κ3) is 17.5. The molecule has 0 bridgehead atoms. The van der Waals surface area contributed by atoms with Gasteiger partial charge in [-0.05, 0) is 147 Å². The largest absolute Gasteiger partial charge is 0.459 e. The number of ether oxygens (including phenoxy) is 1. The minimum absolute atomic E-state index is 0. The smallest absolute Gasteiger partial charge is 0.396 e. The van der Waals surface area contributed by atoms with Crippen molar-refractivity contribution in [2.45, 2.75) is 45.8 Å². The number of rotatable bonds is 15. The lowest BCUT2D eigenvalue weighted by atomic mass is 10.1. The Morgan fingerprint density at radius 2 is 0.740 bits per heavy atom. The zero-order valence-corrected chi connectivity index (χ0v) is 55.9. The van der Waals surface area contributed by atoms with E-state index in [1.165, 1.54) is 0 Å². The van der Waals surface area contributed by atoms with Crippen molar-refractivity contribution in [3.8, 4) is 0 Å². The number of amides is 2. The zero-order chi connectivity index (χ0) is 68.9. The molecular weight excluding hydrogens is 1360 g/mol. The van der Waals surface area contributed by atoms with E-state index in [4.69, 9.17) is 75.7 Å². The third-order valence-corrected chi connectivity index (χ3v) is 15.8. The van der Waals surface area contributed by atoms with Crippen LogP contribution >= 0.6 is 47.2 Å². The van der Waals surface area contributed by atoms with Crippen molar-refractivity contribution in [3.63, 3.8) is 0 Å². The minimum atomic E-state index is -0.615. The van der Waals surface area contributed by atoms with Crippen molar-refractivity contribution in [1.29, 1.82) is 0 Å². The maximum Gasteiger partial charge on any atom is 0.396 e. The number of halogens is 4. The van der Waals surface area contributed by atoms with Gasteiger partial charge in [-0.15, -0.1) is 43.0 Å². The highest BCUT2D eigenvalue weighted by atomic mass is 35.5. The van der Waals surface area contributed by atoms with Crippen molar-refractivity contribution in [3.05, 3.63) is 267 Å². The Morgan fingerprint density at radius 1 is 0.410 bits per heavy atom. The molecular formula is C71H58Cl4N18O7. The number of nitrogens with two attached hydrogens (primary N) is 4. The van der Waals surface area contributed by atoms with E-state index in [1.54, 1.807) is 44.1 Å². The maximum atomic E-state index is 12.5. The van der Waals surface area contributed by atoms with Gasteiger partial charge in [-0.25, -0.2) is 19.7 Å². The summed E-state index contributed by atoms with van der Waals surface area (Å²) < 4.78 is 21.2. The third-order valence-electron chi connectivity index (χ3n) is 15.2. The van der Waals surface area contributed by atoms with Crippen molar-refractivity contribution < 1.29 is 32.4 Å². The van der Waals surface area contributed by atoms with E-state index in [9.17, 15) is 14.4 Å². The maximum absolute atomic E-state index is 12.5. The Bertz CT molecular complexity index is 5260. The summed E-state index contributed by atoms with van der Waals surface area (Å²) in [5.41, 5.74) is 31.3. The van der Waals surface area contributed by atoms with E-state index in [0.29, 0.717) is 89.1 Å². The molecule has 6 aromatic carbocycles. The van der Waals surface area contributed by atoms with Gasteiger partial charge in [0.05, 0.1) is 57.5 Å². The summed E-state index contributed by atoms with van der Waals surface area (Å²) >= 11 is 18.0. The standard InChI is InChI=1S/2C23H17ClN6O2.C15H12ClN3O3.C10H11N3.ClH/c2*24-17-10-16-7-13(2-4-19(16)27-12-17)9-20-29-30-23(32-20)22(31)28-11-14-1-3-18-15(8-14)5-6-26-21(18)25;1-2-21-15(20)14-19-18-13(22-14)6-9-3-4-12-10(5-9)7-11(16)8-17-12;11-6-7-1-2-9-8(5-7)3-4-13-10(9)12;/h2*1-8,10,12H,9,11H2,(H2,25,26)(H,28,31);3-5,7-8H,2,6H2,1H3;1-5H,6,11H2,(H2,12,13);1H. The van der Waals surface area contributed by atoms with Crippen LogP contribution in [0.4, 0.5) is 17.5 Å². The lowest BCUT2D eigenvalue weighted by molar-refractivity contribution is 0.0478. The number of esters is 1. The van der Waals surface area contributed by atoms with Gasteiger partial charge in [-0.1, -0.05) is 89.4 Å². The average molecular weight is 1420 g/mol. The van der Waals surface area contributed by atoms with Crippen LogP contribution in [0.1, 0.15) is 90.0 Å². The first kappa shape index (κ1) is 69.5. The zero-order valence-electron chi connectivity index (χ0n) is 52.8. The molecule has 100 heavy (non-hydrogen) atoms. The normalized spacial score (nSPS) is 10.9. The molecule has 29 heteroatoms. The number of hydrogen-bond acceptors (Lipinski definition) is 23. The molecule has 0 fully saturated rings. The second-order valence-corrected chi connectivity index (χ2v) is 23.4. The molecule has 0 radical (unpaired) electrons. The molecule has 10 N–H and O–H groups in total. The summed E-state index contributed by atoms with van der Waals surface area (Å²) in [4.78, 5) is 61.3. The van der Waals surface area contributed by atoms with Crippen LogP contribution in [0.5, 0.6) is 0 Å². The highest BCUT2D eigenvalue weighted by molar-refractivity contribution is 6.31. The van der Waals surface area contributed by atoms with E-state index >= 15 is 0 Å². The van der Waals surface area contributed by atoms with Gasteiger partial charge in [0.1, 0.15) is 17.5 Å². The molecule has 25 nitrogen and oxygen atoms in total. The summed E-state index contributed by atoms with van der Waals surface area (Å²) in [6.45, 7) is 3.15. The SMILES string of the molecule is CCOC(=O)c1nnc(Cc2ccc3ncc(Cl)cc3c2)o1.Cl.NCc1ccc2c(N)nccc2c1.Nc1nccc2cc(CNC(=O)c3nnc(Cc4ccc5ncc(Cl)cc5c4)o3)ccc12.Nc1nccc2cc(CNC(=O)c3nnc(Cc4ccc5ncc(Cl)cc5c4)o3)ccc12. The molecule has 15 aromatic rings. The Balaban J connectivity index is 0.000000140. The number of pyridine rings is 6. The van der Waals surface area contributed by atoms with Gasteiger partial charge in [0.2, 0.25) is 17.7 Å². The lowest BCUT2D eigenvalue weighted by Gasteiger charge is -2.06. The number of nitrogen functional groups attached to an aromatic ring is 3. The number of nitrogens with one attached hydrogen (secondary N) is 2. The van der Waals surface area contributed by atoms with Gasteiger partial charge in [0, 0.05) is 89.1 Å². The van der Waals surface area contributed by atoms with Crippen LogP contribution in [0.25, 0.3) is 65.0 Å². The van der Waals surface area contributed by atoms with E-state index in [1.807, 2.05) is 146 Å². The molecule has 15 rings (SSSR count). The summed E-state index contributed by atoms with van der Waals surface area (Å²) in [6, 6.07) is 46.0. The van der Waals surface area contributed by atoms with Crippen LogP contribution in [-0.4, -0.2) is 84.9 Å². The highest BCUT2D eigenvalue weighted by Crippen LogP contribution is 2.26. The molecule has 0 saturated heterocycles. The molecule has 0 atom stereocenters. The van der Waals surface area contributed by atoms with Crippen molar-refractivity contribution >= 4 is 147 Å². The Kier molecular flexibility index (Phi) is 22.2. The first-order chi connectivity index (χ1) is 48.1. The predicted molar refractivity (Wildman–Crippen MR) is 383 cm³/mol. The minimum Gasteiger partial charge on any atom is -0.459 e. The molecule has 9 heterocycles. The van der Waals surface area contributed by atoms with Gasteiger partial charge in [0.25, 0.3) is 0 Å². The number of nitrogens with zero attached hydrogens (tertiary/aromatic N) is 12. The van der Waals surface area contributed by atoms with Crippen LogP contribution in [0.3, 0.4) is 0 Å². The highest BCUT2D eigenvalue weighted by Gasteiger charge is 2.19. The van der Waals surface area contributed by atoms with Crippen LogP contribution in [0, 0.1) is 0 Å². The summed E-state index contributed by atoms with van der Waals surface area (Å²) in [5, 5.41) is 39.1. The fourth-order valence-corrected chi connectivity index (χ4v) is 10.9. The first-order valence-electron chi connectivity index (χ1n) is 30.5. The molecule has 0 unspecified atom stereocenters. The average Bonchev–Trinajstić information content (AvgIpc) is 1.09. The Hall–Kier alpha value is -11.9. The van der Waals surface area contributed by atoms with E-state index in [-0.39, 0.29) is 36.7 Å². The molecule has 0 spiro atoms. The first-order valence-corrected chi connectivity index (χ1v) is 31.6. The molecule has 0 aliphatic carbocycles. The second-order valence-electron chi connectivity index (χ2n) is 22.1. The number of hydrogen-bond donors (Lipinski definition) is 6. The lowest BCUT2D eigenvalue weighted by Crippen LogP contribution is -2.23. The van der Waals surface area contributed by atoms with Crippen molar-refractivity contribution in [2.24, 2.45) is 5.73 Å². The van der Waals surface area contributed by atoms with Crippen LogP contribution < -0.4 is 33.6 Å². The quantitative estimate of drug-likeness (QED) is 0.0519. The van der Waals surface area contributed by atoms with E-state index in [2.05, 4.69) is 71.1 Å². The van der Waals surface area contributed by atoms with Crippen LogP contribution in [0.2, 0.25) is 15.1 Å². The number of carbonyl (C=O) groups is 3. The molecule has 2 amide bonds. The number of carbonyl (C=O) groups excluding carboxylic acids is 3. The second kappa shape index (κ2) is 32.0. The van der Waals surface area contributed by atoms with Crippen molar-refractivity contribution in [2.75, 3.05) is 23.8 Å². The fourth-order valence-electron chi connectivity index (χ4n) is 10.4. The number of anilines is 3. The van der Waals surface area contributed by atoms with Gasteiger partial charge in [-0.3, -0.25) is 24.5 Å². The molecule has 0 aliphatic heterocycles. The van der Waals surface area contributed by atoms with Crippen LogP contribution in [0.15, 0.2) is 196 Å². The topological polar surface area (TPSA) is 383 Å². The molecule has 0 aliphatic rings. The van der Waals surface area contributed by atoms with Crippen LogP contribution in [-0.2, 0) is 43.6 Å². The predicted octanol–water partition coefficient (Wildman–Crippen LogP) is 12.6. The number of fused-ring (bicyclic) bond motifs is 6. The Morgan fingerprint density at radius 3 is 1.11 bits per heavy atom. The van der Waals surface area contributed by atoms with Crippen molar-refractivity contribution in [1.82, 2.24) is 71.1 Å². The summed E-state index contributed by atoms with van der Waals surface area (Å²) in [6.07, 6.45) is 11.0. The Labute approximate surface area is 589 Å².